The molecule has 0 radical (unpaired) electrons. The summed E-state index contributed by atoms with van der Waals surface area (Å²) in [6.45, 7) is 6.75. The predicted octanol–water partition coefficient (Wildman–Crippen LogP) is 3.64. The molecule has 0 aliphatic rings. The van der Waals surface area contributed by atoms with Crippen molar-refractivity contribution in [3.05, 3.63) is 35.6 Å². The van der Waals surface area contributed by atoms with Crippen LogP contribution in [0.1, 0.15) is 32.8 Å². The summed E-state index contributed by atoms with van der Waals surface area (Å²) in [6.07, 6.45) is 2.09. The summed E-state index contributed by atoms with van der Waals surface area (Å²) in [4.78, 5) is 0. The average molecular weight is 237 g/mol. The smallest absolute Gasteiger partial charge is 0.123 e. The Balaban J connectivity index is 2.63. The second-order valence-corrected chi connectivity index (χ2v) is 5.34. The van der Waals surface area contributed by atoms with E-state index in [4.69, 9.17) is 0 Å². The third-order valence-corrected chi connectivity index (χ3v) is 3.25. The van der Waals surface area contributed by atoms with Crippen LogP contribution >= 0.6 is 0 Å². The van der Waals surface area contributed by atoms with Gasteiger partial charge in [-0.25, -0.2) is 4.39 Å². The molecule has 2 heteroatoms. The Morgan fingerprint density at radius 3 is 2.47 bits per heavy atom. The molecule has 0 spiro atoms. The fraction of sp³-hybridized carbons (Fsp3) is 0.600. The van der Waals surface area contributed by atoms with Gasteiger partial charge in [-0.05, 0) is 49.4 Å². The van der Waals surface area contributed by atoms with Crippen LogP contribution in [0.5, 0.6) is 0 Å². The van der Waals surface area contributed by atoms with Crippen molar-refractivity contribution in [1.82, 2.24) is 5.32 Å². The molecule has 17 heavy (non-hydrogen) atoms. The van der Waals surface area contributed by atoms with Gasteiger partial charge in [-0.1, -0.05) is 32.9 Å². The SMILES string of the molecule is CNC(Cc1cccc(F)c1)C(C)CC(C)C. The van der Waals surface area contributed by atoms with E-state index >= 15 is 0 Å². The Kier molecular flexibility index (Phi) is 5.63. The number of hydrogen-bond acceptors (Lipinski definition) is 1. The molecule has 96 valence electrons. The van der Waals surface area contributed by atoms with Crippen molar-refractivity contribution in [3.8, 4) is 0 Å². The van der Waals surface area contributed by atoms with Gasteiger partial charge in [-0.15, -0.1) is 0 Å². The lowest BCUT2D eigenvalue weighted by molar-refractivity contribution is 0.335. The number of nitrogens with one attached hydrogen (secondary N) is 1. The molecule has 1 rings (SSSR count). The molecule has 1 aromatic carbocycles. The maximum absolute atomic E-state index is 13.1. The third kappa shape index (κ3) is 4.86. The molecule has 0 aliphatic heterocycles. The minimum atomic E-state index is -0.145. The summed E-state index contributed by atoms with van der Waals surface area (Å²) >= 11 is 0. The number of benzene rings is 1. The fourth-order valence-corrected chi connectivity index (χ4v) is 2.41. The summed E-state index contributed by atoms with van der Waals surface area (Å²) in [6, 6.07) is 7.32. The van der Waals surface area contributed by atoms with E-state index in [1.165, 1.54) is 12.5 Å². The Morgan fingerprint density at radius 1 is 1.24 bits per heavy atom. The largest absolute Gasteiger partial charge is 0.316 e. The van der Waals surface area contributed by atoms with Gasteiger partial charge in [0.2, 0.25) is 0 Å². The monoisotopic (exact) mass is 237 g/mol. The highest BCUT2D eigenvalue weighted by Crippen LogP contribution is 2.18. The van der Waals surface area contributed by atoms with E-state index in [0.717, 1.165) is 12.0 Å². The highest BCUT2D eigenvalue weighted by Gasteiger charge is 2.17. The van der Waals surface area contributed by atoms with Crippen molar-refractivity contribution in [2.75, 3.05) is 7.05 Å². The van der Waals surface area contributed by atoms with Crippen LogP contribution in [0, 0.1) is 17.7 Å². The standard InChI is InChI=1S/C15H24FN/c1-11(2)8-12(3)15(17-4)10-13-6-5-7-14(16)9-13/h5-7,9,11-12,15,17H,8,10H2,1-4H3. The first-order valence-electron chi connectivity index (χ1n) is 6.44. The lowest BCUT2D eigenvalue weighted by atomic mass is 9.88. The normalized spacial score (nSPS) is 14.9. The first-order chi connectivity index (χ1) is 8.02. The van der Waals surface area contributed by atoms with E-state index in [1.54, 1.807) is 12.1 Å². The molecule has 0 heterocycles. The average Bonchev–Trinajstić information content (AvgIpc) is 2.24. The molecular weight excluding hydrogens is 213 g/mol. The lowest BCUT2D eigenvalue weighted by Crippen LogP contribution is -2.34. The van der Waals surface area contributed by atoms with Gasteiger partial charge in [0.1, 0.15) is 5.82 Å². The zero-order valence-corrected chi connectivity index (χ0v) is 11.3. The Bertz CT molecular complexity index is 335. The highest BCUT2D eigenvalue weighted by atomic mass is 19.1. The zero-order chi connectivity index (χ0) is 12.8. The van der Waals surface area contributed by atoms with E-state index in [2.05, 4.69) is 26.1 Å². The lowest BCUT2D eigenvalue weighted by Gasteiger charge is -2.25. The first kappa shape index (κ1) is 14.2. The van der Waals surface area contributed by atoms with Crippen LogP contribution < -0.4 is 5.32 Å². The van der Waals surface area contributed by atoms with Gasteiger partial charge in [0.05, 0.1) is 0 Å². The van der Waals surface area contributed by atoms with Gasteiger partial charge in [-0.3, -0.25) is 0 Å². The van der Waals surface area contributed by atoms with Crippen molar-refractivity contribution in [2.45, 2.75) is 39.7 Å². The number of rotatable bonds is 6. The van der Waals surface area contributed by atoms with E-state index < -0.39 is 0 Å². The van der Waals surface area contributed by atoms with Crippen LogP contribution in [0.3, 0.4) is 0 Å². The van der Waals surface area contributed by atoms with Gasteiger partial charge in [0.15, 0.2) is 0 Å². The highest BCUT2D eigenvalue weighted by molar-refractivity contribution is 5.17. The molecule has 1 nitrogen and oxygen atoms in total. The Hall–Kier alpha value is -0.890. The summed E-state index contributed by atoms with van der Waals surface area (Å²) in [5.41, 5.74) is 1.07. The molecule has 2 unspecified atom stereocenters. The van der Waals surface area contributed by atoms with Gasteiger partial charge in [0, 0.05) is 6.04 Å². The molecule has 0 fully saturated rings. The Morgan fingerprint density at radius 2 is 1.94 bits per heavy atom. The van der Waals surface area contributed by atoms with Crippen LogP contribution in [-0.2, 0) is 6.42 Å². The summed E-state index contributed by atoms with van der Waals surface area (Å²) in [7, 11) is 1.99. The van der Waals surface area contributed by atoms with Crippen LogP contribution in [0.4, 0.5) is 4.39 Å². The first-order valence-corrected chi connectivity index (χ1v) is 6.44. The summed E-state index contributed by atoms with van der Waals surface area (Å²) in [5, 5.41) is 3.35. The van der Waals surface area contributed by atoms with E-state index in [9.17, 15) is 4.39 Å². The van der Waals surface area contributed by atoms with Crippen molar-refractivity contribution in [3.63, 3.8) is 0 Å². The van der Waals surface area contributed by atoms with E-state index in [-0.39, 0.29) is 5.82 Å². The molecule has 0 aliphatic carbocycles. The molecule has 0 aromatic heterocycles. The maximum Gasteiger partial charge on any atom is 0.123 e. The third-order valence-electron chi connectivity index (χ3n) is 3.25. The number of halogens is 1. The van der Waals surface area contributed by atoms with Crippen LogP contribution in [0.25, 0.3) is 0 Å². The van der Waals surface area contributed by atoms with Gasteiger partial charge >= 0.3 is 0 Å². The number of likely N-dealkylation sites (N-methyl/N-ethyl adjacent to an activating group) is 1. The van der Waals surface area contributed by atoms with Crippen molar-refractivity contribution >= 4 is 0 Å². The topological polar surface area (TPSA) is 12.0 Å². The van der Waals surface area contributed by atoms with Crippen molar-refractivity contribution in [1.29, 1.82) is 0 Å². The minimum absolute atomic E-state index is 0.145. The summed E-state index contributed by atoms with van der Waals surface area (Å²) in [5.74, 6) is 1.16. The molecular formula is C15H24FN. The molecule has 1 aromatic rings. The predicted molar refractivity (Wildman–Crippen MR) is 71.6 cm³/mol. The summed E-state index contributed by atoms with van der Waals surface area (Å²) < 4.78 is 13.1. The van der Waals surface area contributed by atoms with Gasteiger partial charge in [0.25, 0.3) is 0 Å². The van der Waals surface area contributed by atoms with Crippen molar-refractivity contribution < 1.29 is 4.39 Å². The van der Waals surface area contributed by atoms with Crippen LogP contribution in [0.15, 0.2) is 24.3 Å². The molecule has 0 amide bonds. The molecule has 0 saturated heterocycles. The second-order valence-electron chi connectivity index (χ2n) is 5.34. The Labute approximate surface area is 104 Å². The van der Waals surface area contributed by atoms with Gasteiger partial charge < -0.3 is 5.32 Å². The molecule has 1 N–H and O–H groups in total. The maximum atomic E-state index is 13.1. The van der Waals surface area contributed by atoms with Gasteiger partial charge in [-0.2, -0.15) is 0 Å². The van der Waals surface area contributed by atoms with Crippen LogP contribution in [0.2, 0.25) is 0 Å². The number of hydrogen-bond donors (Lipinski definition) is 1. The van der Waals surface area contributed by atoms with Crippen LogP contribution in [-0.4, -0.2) is 13.1 Å². The quantitative estimate of drug-likeness (QED) is 0.796. The van der Waals surface area contributed by atoms with E-state index in [0.29, 0.717) is 17.9 Å². The molecule has 0 saturated carbocycles. The fourth-order valence-electron chi connectivity index (χ4n) is 2.41. The second kappa shape index (κ2) is 6.75. The molecule has 2 atom stereocenters. The van der Waals surface area contributed by atoms with E-state index in [1.807, 2.05) is 13.1 Å². The minimum Gasteiger partial charge on any atom is -0.316 e. The zero-order valence-electron chi connectivity index (χ0n) is 11.3. The molecule has 0 bridgehead atoms. The van der Waals surface area contributed by atoms with Crippen molar-refractivity contribution in [2.24, 2.45) is 11.8 Å².